The van der Waals surface area contributed by atoms with Crippen LogP contribution in [0.5, 0.6) is 0 Å². The summed E-state index contributed by atoms with van der Waals surface area (Å²) in [5.41, 5.74) is 6.31. The summed E-state index contributed by atoms with van der Waals surface area (Å²) in [7, 11) is 0. The molecule has 2 rings (SSSR count). The van der Waals surface area contributed by atoms with E-state index in [0.717, 1.165) is 6.42 Å². The Hall–Kier alpha value is -0.940. The molecule has 1 amide bonds. The van der Waals surface area contributed by atoms with Crippen molar-refractivity contribution >= 4 is 21.8 Å². The first-order valence-corrected chi connectivity index (χ1v) is 7.10. The quantitative estimate of drug-likeness (QED) is 0.861. The van der Waals surface area contributed by atoms with Crippen LogP contribution in [0.25, 0.3) is 0 Å². The van der Waals surface area contributed by atoms with E-state index in [4.69, 9.17) is 5.73 Å². The lowest BCUT2D eigenvalue weighted by Crippen LogP contribution is -2.54. The van der Waals surface area contributed by atoms with Crippen molar-refractivity contribution in [3.8, 4) is 0 Å². The molecule has 1 aliphatic rings. The standard InChI is InChI=1S/C14H18BrFN2O/c1-14(2)8-18(6-5-12(14)17)13(19)10-7-9(16)3-4-11(10)15/h3-4,7,12H,5-6,8,17H2,1-2H3. The Morgan fingerprint density at radius 3 is 2.84 bits per heavy atom. The van der Waals surface area contributed by atoms with Crippen molar-refractivity contribution in [2.24, 2.45) is 11.1 Å². The van der Waals surface area contributed by atoms with Crippen molar-refractivity contribution in [2.45, 2.75) is 26.3 Å². The van der Waals surface area contributed by atoms with E-state index in [1.54, 1.807) is 11.0 Å². The first-order chi connectivity index (χ1) is 8.81. The smallest absolute Gasteiger partial charge is 0.255 e. The number of likely N-dealkylation sites (tertiary alicyclic amines) is 1. The average molecular weight is 329 g/mol. The number of hydrogen-bond donors (Lipinski definition) is 1. The number of rotatable bonds is 1. The van der Waals surface area contributed by atoms with Crippen LogP contribution in [-0.4, -0.2) is 29.9 Å². The fourth-order valence-corrected chi connectivity index (χ4v) is 2.80. The number of hydrogen-bond acceptors (Lipinski definition) is 2. The van der Waals surface area contributed by atoms with E-state index in [2.05, 4.69) is 29.8 Å². The Morgan fingerprint density at radius 1 is 1.53 bits per heavy atom. The molecule has 5 heteroatoms. The molecular weight excluding hydrogens is 311 g/mol. The number of piperidine rings is 1. The number of amides is 1. The molecule has 1 atom stereocenters. The lowest BCUT2D eigenvalue weighted by Gasteiger charge is -2.42. The molecule has 104 valence electrons. The van der Waals surface area contributed by atoms with E-state index in [0.29, 0.717) is 23.1 Å². The zero-order chi connectivity index (χ0) is 14.2. The summed E-state index contributed by atoms with van der Waals surface area (Å²) in [5, 5.41) is 0. The molecule has 1 aliphatic heterocycles. The zero-order valence-corrected chi connectivity index (χ0v) is 12.7. The summed E-state index contributed by atoms with van der Waals surface area (Å²) >= 11 is 3.30. The Bertz CT molecular complexity index is 504. The predicted octanol–water partition coefficient (Wildman–Crippen LogP) is 2.79. The van der Waals surface area contributed by atoms with Gasteiger partial charge in [-0.1, -0.05) is 13.8 Å². The van der Waals surface area contributed by atoms with Crippen LogP contribution in [0.1, 0.15) is 30.6 Å². The molecule has 0 saturated carbocycles. The van der Waals surface area contributed by atoms with Gasteiger partial charge >= 0.3 is 0 Å². The summed E-state index contributed by atoms with van der Waals surface area (Å²) < 4.78 is 13.9. The molecule has 1 aromatic rings. The van der Waals surface area contributed by atoms with Crippen LogP contribution in [0.4, 0.5) is 4.39 Å². The molecule has 1 saturated heterocycles. The molecule has 1 aromatic carbocycles. The van der Waals surface area contributed by atoms with Gasteiger partial charge in [0.1, 0.15) is 5.82 Å². The maximum Gasteiger partial charge on any atom is 0.255 e. The van der Waals surface area contributed by atoms with Gasteiger partial charge in [0, 0.05) is 23.6 Å². The maximum absolute atomic E-state index is 13.3. The van der Waals surface area contributed by atoms with Crippen LogP contribution >= 0.6 is 15.9 Å². The normalized spacial score (nSPS) is 22.4. The Morgan fingerprint density at radius 2 is 2.21 bits per heavy atom. The molecule has 1 heterocycles. The van der Waals surface area contributed by atoms with E-state index in [1.165, 1.54) is 12.1 Å². The molecular formula is C14H18BrFN2O. The highest BCUT2D eigenvalue weighted by Crippen LogP contribution is 2.29. The highest BCUT2D eigenvalue weighted by molar-refractivity contribution is 9.10. The first-order valence-electron chi connectivity index (χ1n) is 6.31. The van der Waals surface area contributed by atoms with Gasteiger partial charge in [-0.15, -0.1) is 0 Å². The van der Waals surface area contributed by atoms with Gasteiger partial charge in [-0.05, 0) is 46.0 Å². The summed E-state index contributed by atoms with van der Waals surface area (Å²) in [6.45, 7) is 5.32. The Balaban J connectivity index is 2.23. The minimum absolute atomic E-state index is 0.0903. The van der Waals surface area contributed by atoms with Gasteiger partial charge in [-0.2, -0.15) is 0 Å². The van der Waals surface area contributed by atoms with E-state index < -0.39 is 5.82 Å². The first kappa shape index (κ1) is 14.5. The fourth-order valence-electron chi connectivity index (χ4n) is 2.38. The van der Waals surface area contributed by atoms with Crippen molar-refractivity contribution in [3.05, 3.63) is 34.1 Å². The number of carbonyl (C=O) groups excluding carboxylic acids is 1. The maximum atomic E-state index is 13.3. The van der Waals surface area contributed by atoms with Crippen molar-refractivity contribution in [2.75, 3.05) is 13.1 Å². The predicted molar refractivity (Wildman–Crippen MR) is 76.4 cm³/mol. The highest BCUT2D eigenvalue weighted by Gasteiger charge is 2.35. The number of benzene rings is 1. The van der Waals surface area contributed by atoms with Crippen LogP contribution in [0, 0.1) is 11.2 Å². The lowest BCUT2D eigenvalue weighted by molar-refractivity contribution is 0.0531. The SMILES string of the molecule is CC1(C)CN(C(=O)c2cc(F)ccc2Br)CCC1N. The highest BCUT2D eigenvalue weighted by atomic mass is 79.9. The molecule has 2 N–H and O–H groups in total. The summed E-state index contributed by atoms with van der Waals surface area (Å²) in [4.78, 5) is 14.2. The minimum atomic E-state index is -0.403. The average Bonchev–Trinajstić information content (AvgIpc) is 2.35. The Labute approximate surface area is 121 Å². The third kappa shape index (κ3) is 2.98. The Kier molecular flexibility index (Phi) is 3.97. The summed E-state index contributed by atoms with van der Waals surface area (Å²) in [6, 6.07) is 4.25. The van der Waals surface area contributed by atoms with Crippen molar-refractivity contribution in [1.82, 2.24) is 4.90 Å². The van der Waals surface area contributed by atoms with Gasteiger partial charge in [0.25, 0.3) is 5.91 Å². The van der Waals surface area contributed by atoms with Crippen LogP contribution in [0.2, 0.25) is 0 Å². The van der Waals surface area contributed by atoms with Crippen LogP contribution in [0.3, 0.4) is 0 Å². The van der Waals surface area contributed by atoms with Crippen molar-refractivity contribution < 1.29 is 9.18 Å². The van der Waals surface area contributed by atoms with E-state index in [9.17, 15) is 9.18 Å². The van der Waals surface area contributed by atoms with E-state index >= 15 is 0 Å². The zero-order valence-electron chi connectivity index (χ0n) is 11.1. The third-order valence-electron chi connectivity index (χ3n) is 3.76. The van der Waals surface area contributed by atoms with Gasteiger partial charge < -0.3 is 10.6 Å². The van der Waals surface area contributed by atoms with Crippen LogP contribution in [0.15, 0.2) is 22.7 Å². The molecule has 19 heavy (non-hydrogen) atoms. The number of carbonyl (C=O) groups is 1. The molecule has 0 aromatic heterocycles. The molecule has 1 fully saturated rings. The molecule has 0 bridgehead atoms. The monoisotopic (exact) mass is 328 g/mol. The third-order valence-corrected chi connectivity index (χ3v) is 4.45. The number of halogens is 2. The topological polar surface area (TPSA) is 46.3 Å². The van der Waals surface area contributed by atoms with Gasteiger partial charge in [-0.3, -0.25) is 4.79 Å². The van der Waals surface area contributed by atoms with Crippen LogP contribution < -0.4 is 5.73 Å². The summed E-state index contributed by atoms with van der Waals surface area (Å²) in [6.07, 6.45) is 0.770. The van der Waals surface area contributed by atoms with Gasteiger partial charge in [0.2, 0.25) is 0 Å². The van der Waals surface area contributed by atoms with Crippen molar-refractivity contribution in [3.63, 3.8) is 0 Å². The van der Waals surface area contributed by atoms with Gasteiger partial charge in [0.05, 0.1) is 5.56 Å². The van der Waals surface area contributed by atoms with Crippen molar-refractivity contribution in [1.29, 1.82) is 0 Å². The van der Waals surface area contributed by atoms with Crippen LogP contribution in [-0.2, 0) is 0 Å². The second kappa shape index (κ2) is 5.21. The second-order valence-electron chi connectivity index (χ2n) is 5.73. The second-order valence-corrected chi connectivity index (χ2v) is 6.59. The minimum Gasteiger partial charge on any atom is -0.338 e. The number of nitrogens with two attached hydrogens (primary N) is 1. The van der Waals surface area contributed by atoms with Gasteiger partial charge in [0.15, 0.2) is 0 Å². The largest absolute Gasteiger partial charge is 0.338 e. The molecule has 0 aliphatic carbocycles. The molecule has 1 unspecified atom stereocenters. The fraction of sp³-hybridized carbons (Fsp3) is 0.500. The lowest BCUT2D eigenvalue weighted by atomic mass is 9.79. The molecule has 0 spiro atoms. The molecule has 0 radical (unpaired) electrons. The van der Waals surface area contributed by atoms with Gasteiger partial charge in [-0.25, -0.2) is 4.39 Å². The number of nitrogens with zero attached hydrogens (tertiary/aromatic N) is 1. The van der Waals surface area contributed by atoms with E-state index in [1.807, 2.05) is 0 Å². The summed E-state index contributed by atoms with van der Waals surface area (Å²) in [5.74, 6) is -0.550. The molecule has 3 nitrogen and oxygen atoms in total. The van der Waals surface area contributed by atoms with E-state index in [-0.39, 0.29) is 17.4 Å².